The number of hydrogen-bond acceptors (Lipinski definition) is 8. The first-order valence-electron chi connectivity index (χ1n) is 12.9. The summed E-state index contributed by atoms with van der Waals surface area (Å²) < 4.78 is 0. The average Bonchev–Trinajstić information content (AvgIpc) is 2.91. The lowest BCUT2D eigenvalue weighted by Crippen LogP contribution is -2.39. The van der Waals surface area contributed by atoms with Crippen molar-refractivity contribution < 1.29 is 0 Å². The molecule has 2 aromatic carbocycles. The molecule has 4 aromatic rings. The third-order valence-electron chi connectivity index (χ3n) is 6.74. The maximum Gasteiger partial charge on any atom is 0.235 e. The van der Waals surface area contributed by atoms with Crippen LogP contribution in [0.4, 0.5) is 23.7 Å². The number of anilines is 4. The smallest absolute Gasteiger partial charge is 0.235 e. The minimum Gasteiger partial charge on any atom is -0.351 e. The minimum absolute atomic E-state index is 0.326. The van der Waals surface area contributed by atoms with Gasteiger partial charge in [0.05, 0.1) is 0 Å². The Hall–Kier alpha value is -3.78. The summed E-state index contributed by atoms with van der Waals surface area (Å²) in [5, 5.41) is 9.10. The Morgan fingerprint density at radius 1 is 0.861 bits per heavy atom. The SMILES string of the molecule is CCN(CC)c1nc(Nc2nccc3ccccc23)nc(NC2CCN(Cc3ccccc3)CC2)n1. The highest BCUT2D eigenvalue weighted by Gasteiger charge is 2.21. The Bertz CT molecular complexity index is 1260. The fourth-order valence-electron chi connectivity index (χ4n) is 4.72. The molecular weight excluding hydrogens is 448 g/mol. The highest BCUT2D eigenvalue weighted by atomic mass is 15.3. The van der Waals surface area contributed by atoms with Crippen molar-refractivity contribution in [1.29, 1.82) is 0 Å². The van der Waals surface area contributed by atoms with Crippen LogP contribution in [0.2, 0.25) is 0 Å². The van der Waals surface area contributed by atoms with E-state index in [9.17, 15) is 0 Å². The number of nitrogens with one attached hydrogen (secondary N) is 2. The van der Waals surface area contributed by atoms with E-state index in [0.29, 0.717) is 23.9 Å². The van der Waals surface area contributed by atoms with Crippen LogP contribution in [0.1, 0.15) is 32.3 Å². The van der Waals surface area contributed by atoms with Crippen molar-refractivity contribution in [2.75, 3.05) is 41.7 Å². The van der Waals surface area contributed by atoms with Gasteiger partial charge in [-0.2, -0.15) is 15.0 Å². The fraction of sp³-hybridized carbons (Fsp3) is 0.357. The molecule has 0 aliphatic carbocycles. The molecule has 1 fully saturated rings. The van der Waals surface area contributed by atoms with E-state index in [2.05, 4.69) is 81.7 Å². The second-order valence-electron chi connectivity index (χ2n) is 9.14. The van der Waals surface area contributed by atoms with Gasteiger partial charge >= 0.3 is 0 Å². The molecule has 0 spiro atoms. The third-order valence-corrected chi connectivity index (χ3v) is 6.74. The molecule has 0 saturated carbocycles. The highest BCUT2D eigenvalue weighted by molar-refractivity contribution is 5.92. The number of fused-ring (bicyclic) bond motifs is 1. The molecule has 0 radical (unpaired) electrons. The number of rotatable bonds is 9. The van der Waals surface area contributed by atoms with Gasteiger partial charge in [-0.15, -0.1) is 0 Å². The predicted octanol–water partition coefficient (Wildman–Crippen LogP) is 5.09. The van der Waals surface area contributed by atoms with Gasteiger partial charge in [-0.25, -0.2) is 4.98 Å². The molecule has 0 bridgehead atoms. The summed E-state index contributed by atoms with van der Waals surface area (Å²) >= 11 is 0. The van der Waals surface area contributed by atoms with Crippen LogP contribution in [0.5, 0.6) is 0 Å². The van der Waals surface area contributed by atoms with E-state index in [0.717, 1.165) is 62.2 Å². The van der Waals surface area contributed by atoms with Gasteiger partial charge in [0.25, 0.3) is 0 Å². The molecule has 2 aromatic heterocycles. The van der Waals surface area contributed by atoms with Gasteiger partial charge in [0.1, 0.15) is 5.82 Å². The van der Waals surface area contributed by atoms with Crippen LogP contribution >= 0.6 is 0 Å². The molecule has 8 nitrogen and oxygen atoms in total. The molecule has 2 N–H and O–H groups in total. The van der Waals surface area contributed by atoms with E-state index in [1.807, 2.05) is 18.2 Å². The summed E-state index contributed by atoms with van der Waals surface area (Å²) in [4.78, 5) is 23.5. The van der Waals surface area contributed by atoms with Crippen LogP contribution in [-0.2, 0) is 6.54 Å². The molecule has 0 atom stereocenters. The van der Waals surface area contributed by atoms with Crippen LogP contribution in [0.15, 0.2) is 66.9 Å². The molecule has 5 rings (SSSR count). The first kappa shape index (κ1) is 23.9. The molecule has 1 saturated heterocycles. The van der Waals surface area contributed by atoms with Gasteiger partial charge in [-0.05, 0) is 43.7 Å². The van der Waals surface area contributed by atoms with Crippen molar-refractivity contribution in [1.82, 2.24) is 24.8 Å². The maximum atomic E-state index is 4.78. The van der Waals surface area contributed by atoms with Crippen LogP contribution in [0, 0.1) is 0 Å². The second kappa shape index (κ2) is 11.3. The Morgan fingerprint density at radius 3 is 2.36 bits per heavy atom. The average molecular weight is 483 g/mol. The van der Waals surface area contributed by atoms with Crippen molar-refractivity contribution in [3.8, 4) is 0 Å². The normalized spacial score (nSPS) is 14.6. The van der Waals surface area contributed by atoms with Gasteiger partial charge in [-0.3, -0.25) is 4.90 Å². The summed E-state index contributed by atoms with van der Waals surface area (Å²) in [6.07, 6.45) is 3.90. The zero-order chi connectivity index (χ0) is 24.7. The molecule has 0 amide bonds. The predicted molar refractivity (Wildman–Crippen MR) is 147 cm³/mol. The number of likely N-dealkylation sites (tertiary alicyclic amines) is 1. The zero-order valence-corrected chi connectivity index (χ0v) is 21.1. The van der Waals surface area contributed by atoms with Gasteiger partial charge in [-0.1, -0.05) is 54.6 Å². The van der Waals surface area contributed by atoms with Crippen molar-refractivity contribution >= 4 is 34.4 Å². The number of pyridine rings is 1. The van der Waals surface area contributed by atoms with Gasteiger partial charge in [0.15, 0.2) is 0 Å². The first-order valence-corrected chi connectivity index (χ1v) is 12.9. The monoisotopic (exact) mass is 482 g/mol. The van der Waals surface area contributed by atoms with E-state index in [-0.39, 0.29) is 0 Å². The first-order chi connectivity index (χ1) is 17.7. The molecule has 3 heterocycles. The Morgan fingerprint density at radius 2 is 1.58 bits per heavy atom. The van der Waals surface area contributed by atoms with Crippen LogP contribution in [-0.4, -0.2) is 57.1 Å². The van der Waals surface area contributed by atoms with Crippen molar-refractivity contribution in [3.63, 3.8) is 0 Å². The molecule has 8 heteroatoms. The minimum atomic E-state index is 0.326. The van der Waals surface area contributed by atoms with E-state index in [4.69, 9.17) is 15.0 Å². The molecule has 1 aliphatic rings. The lowest BCUT2D eigenvalue weighted by atomic mass is 10.0. The topological polar surface area (TPSA) is 82.1 Å². The summed E-state index contributed by atoms with van der Waals surface area (Å²) in [5.41, 5.74) is 1.36. The Labute approximate surface area is 212 Å². The van der Waals surface area contributed by atoms with Crippen LogP contribution in [0.3, 0.4) is 0 Å². The maximum absolute atomic E-state index is 4.78. The highest BCUT2D eigenvalue weighted by Crippen LogP contribution is 2.25. The van der Waals surface area contributed by atoms with Gasteiger partial charge in [0, 0.05) is 50.3 Å². The van der Waals surface area contributed by atoms with Gasteiger partial charge < -0.3 is 15.5 Å². The molecule has 1 aliphatic heterocycles. The van der Waals surface area contributed by atoms with E-state index in [1.165, 1.54) is 5.56 Å². The molecule has 36 heavy (non-hydrogen) atoms. The summed E-state index contributed by atoms with van der Waals surface area (Å²) in [6.45, 7) is 8.96. The van der Waals surface area contributed by atoms with E-state index in [1.54, 1.807) is 6.20 Å². The van der Waals surface area contributed by atoms with Crippen molar-refractivity contribution in [2.24, 2.45) is 0 Å². The summed E-state index contributed by atoms with van der Waals surface area (Å²) in [5.74, 6) is 2.52. The van der Waals surface area contributed by atoms with Crippen LogP contribution in [0.25, 0.3) is 10.8 Å². The Balaban J connectivity index is 1.32. The Kier molecular flexibility index (Phi) is 7.52. The number of aromatic nitrogens is 4. The number of nitrogens with zero attached hydrogens (tertiary/aromatic N) is 6. The van der Waals surface area contributed by atoms with Crippen LogP contribution < -0.4 is 15.5 Å². The third kappa shape index (κ3) is 5.71. The second-order valence-corrected chi connectivity index (χ2v) is 9.14. The lowest BCUT2D eigenvalue weighted by Gasteiger charge is -2.32. The van der Waals surface area contributed by atoms with Crippen molar-refractivity contribution in [3.05, 3.63) is 72.4 Å². The fourth-order valence-corrected chi connectivity index (χ4v) is 4.72. The molecule has 0 unspecified atom stereocenters. The number of benzene rings is 2. The largest absolute Gasteiger partial charge is 0.351 e. The molecular formula is C28H34N8. The number of piperidine rings is 1. The standard InChI is InChI=1S/C28H34N8/c1-3-36(4-2)28-33-26(30-23-15-18-35(19-16-23)20-21-10-6-5-7-11-21)32-27(34-28)31-25-24-13-9-8-12-22(24)14-17-29-25/h5-14,17,23H,3-4,15-16,18-20H2,1-2H3,(H2,29,30,31,32,33,34). The van der Waals surface area contributed by atoms with E-state index < -0.39 is 0 Å². The summed E-state index contributed by atoms with van der Waals surface area (Å²) in [7, 11) is 0. The molecule has 186 valence electrons. The number of hydrogen-bond donors (Lipinski definition) is 2. The van der Waals surface area contributed by atoms with Crippen molar-refractivity contribution in [2.45, 2.75) is 39.3 Å². The quantitative estimate of drug-likeness (QED) is 0.342. The van der Waals surface area contributed by atoms with E-state index >= 15 is 0 Å². The van der Waals surface area contributed by atoms with Gasteiger partial charge in [0.2, 0.25) is 17.8 Å². The zero-order valence-electron chi connectivity index (χ0n) is 21.1. The summed E-state index contributed by atoms with van der Waals surface area (Å²) in [6, 6.07) is 21.2. The lowest BCUT2D eigenvalue weighted by molar-refractivity contribution is 0.211.